The van der Waals surface area contributed by atoms with Crippen molar-refractivity contribution in [3.8, 4) is 0 Å². The molecule has 0 aliphatic carbocycles. The van der Waals surface area contributed by atoms with E-state index in [-0.39, 0.29) is 24.8 Å². The SMILES string of the molecule is O=C(O)CCC(=O)N1N=C(c2ccsc2)CC1c1cccc(Br)c1. The van der Waals surface area contributed by atoms with E-state index in [1.54, 1.807) is 11.3 Å². The molecule has 1 amide bonds. The number of carbonyl (C=O) groups is 2. The summed E-state index contributed by atoms with van der Waals surface area (Å²) in [7, 11) is 0. The quantitative estimate of drug-likeness (QED) is 0.813. The number of carboxylic acids is 1. The Balaban J connectivity index is 1.89. The minimum absolute atomic E-state index is 0.0553. The number of hydrogen-bond donors (Lipinski definition) is 1. The zero-order valence-electron chi connectivity index (χ0n) is 12.7. The first-order valence-corrected chi connectivity index (χ1v) is 9.17. The molecule has 5 nitrogen and oxygen atoms in total. The third-order valence-electron chi connectivity index (χ3n) is 3.81. The third kappa shape index (κ3) is 3.73. The maximum absolute atomic E-state index is 12.5. The van der Waals surface area contributed by atoms with E-state index in [1.165, 1.54) is 5.01 Å². The van der Waals surface area contributed by atoms with E-state index in [0.29, 0.717) is 6.42 Å². The highest BCUT2D eigenvalue weighted by Crippen LogP contribution is 2.34. The molecule has 1 N–H and O–H groups in total. The highest BCUT2D eigenvalue weighted by molar-refractivity contribution is 9.10. The lowest BCUT2D eigenvalue weighted by molar-refractivity contribution is -0.141. The van der Waals surface area contributed by atoms with Gasteiger partial charge in [0.1, 0.15) is 0 Å². The van der Waals surface area contributed by atoms with E-state index in [9.17, 15) is 9.59 Å². The van der Waals surface area contributed by atoms with Gasteiger partial charge in [0.25, 0.3) is 0 Å². The summed E-state index contributed by atoms with van der Waals surface area (Å²) in [5.74, 6) is -1.25. The Bertz CT molecular complexity index is 789. The van der Waals surface area contributed by atoms with Crippen molar-refractivity contribution in [3.05, 3.63) is 56.7 Å². The first kappa shape index (κ1) is 16.9. The van der Waals surface area contributed by atoms with Crippen LogP contribution in [0.4, 0.5) is 0 Å². The number of rotatable bonds is 5. The molecule has 0 saturated carbocycles. The topological polar surface area (TPSA) is 70.0 Å². The van der Waals surface area contributed by atoms with Crippen LogP contribution in [0, 0.1) is 0 Å². The average Bonchev–Trinajstić information content (AvgIpc) is 3.21. The van der Waals surface area contributed by atoms with Gasteiger partial charge in [-0.3, -0.25) is 9.59 Å². The summed E-state index contributed by atoms with van der Waals surface area (Å²) in [6.45, 7) is 0. The first-order valence-electron chi connectivity index (χ1n) is 7.44. The number of nitrogens with zero attached hydrogens (tertiary/aromatic N) is 2. The molecule has 0 fully saturated rings. The minimum Gasteiger partial charge on any atom is -0.481 e. The van der Waals surface area contributed by atoms with Gasteiger partial charge in [0, 0.05) is 22.9 Å². The molecule has 1 aliphatic heterocycles. The minimum atomic E-state index is -0.983. The van der Waals surface area contributed by atoms with E-state index in [4.69, 9.17) is 5.11 Å². The van der Waals surface area contributed by atoms with Crippen molar-refractivity contribution in [2.24, 2.45) is 5.10 Å². The van der Waals surface area contributed by atoms with E-state index < -0.39 is 5.97 Å². The average molecular weight is 407 g/mol. The lowest BCUT2D eigenvalue weighted by Crippen LogP contribution is -2.27. The molecule has 7 heteroatoms. The zero-order chi connectivity index (χ0) is 17.1. The Morgan fingerprint density at radius 2 is 2.17 bits per heavy atom. The highest BCUT2D eigenvalue weighted by atomic mass is 79.9. The van der Waals surface area contributed by atoms with Crippen molar-refractivity contribution in [1.29, 1.82) is 0 Å². The molecule has 1 aromatic carbocycles. The maximum Gasteiger partial charge on any atom is 0.303 e. The number of carboxylic acid groups (broad SMARTS) is 1. The van der Waals surface area contributed by atoms with Crippen molar-refractivity contribution in [2.45, 2.75) is 25.3 Å². The van der Waals surface area contributed by atoms with Gasteiger partial charge in [-0.05, 0) is 34.5 Å². The first-order chi connectivity index (χ1) is 11.5. The molecular formula is C17H15BrN2O3S. The van der Waals surface area contributed by atoms with Crippen LogP contribution in [-0.4, -0.2) is 27.7 Å². The summed E-state index contributed by atoms with van der Waals surface area (Å²) in [4.78, 5) is 23.2. The van der Waals surface area contributed by atoms with Gasteiger partial charge in [0.05, 0.1) is 18.2 Å². The van der Waals surface area contributed by atoms with Gasteiger partial charge in [-0.15, -0.1) is 0 Å². The van der Waals surface area contributed by atoms with Crippen LogP contribution >= 0.6 is 27.3 Å². The van der Waals surface area contributed by atoms with E-state index in [0.717, 1.165) is 21.3 Å². The smallest absolute Gasteiger partial charge is 0.303 e. The van der Waals surface area contributed by atoms with Crippen LogP contribution in [0.2, 0.25) is 0 Å². The zero-order valence-corrected chi connectivity index (χ0v) is 15.1. The Morgan fingerprint density at radius 1 is 1.33 bits per heavy atom. The van der Waals surface area contributed by atoms with E-state index in [2.05, 4.69) is 21.0 Å². The van der Waals surface area contributed by atoms with Gasteiger partial charge in [0.15, 0.2) is 0 Å². The summed E-state index contributed by atoms with van der Waals surface area (Å²) in [6, 6.07) is 9.54. The summed E-state index contributed by atoms with van der Waals surface area (Å²) < 4.78 is 0.932. The Hall–Kier alpha value is -1.99. The van der Waals surface area contributed by atoms with Crippen molar-refractivity contribution >= 4 is 44.9 Å². The van der Waals surface area contributed by atoms with Crippen molar-refractivity contribution in [2.75, 3.05) is 0 Å². The predicted molar refractivity (Wildman–Crippen MR) is 96.1 cm³/mol. The number of aliphatic carboxylic acids is 1. The Morgan fingerprint density at radius 3 is 2.83 bits per heavy atom. The fourth-order valence-corrected chi connectivity index (χ4v) is 3.73. The molecule has 3 rings (SSSR count). The van der Waals surface area contributed by atoms with Crippen molar-refractivity contribution in [3.63, 3.8) is 0 Å². The summed E-state index contributed by atoms with van der Waals surface area (Å²) in [6.07, 6.45) is 0.371. The fourth-order valence-electron chi connectivity index (χ4n) is 2.65. The largest absolute Gasteiger partial charge is 0.481 e. The second-order valence-electron chi connectivity index (χ2n) is 5.47. The lowest BCUT2D eigenvalue weighted by atomic mass is 9.99. The standard InChI is InChI=1S/C17H15BrN2O3S/c18-13-3-1-2-11(8-13)15-9-14(12-6-7-24-10-12)19-20(15)16(21)4-5-17(22)23/h1-3,6-8,10,15H,4-5,9H2,(H,22,23). The van der Waals surface area contributed by atoms with Gasteiger partial charge < -0.3 is 5.11 Å². The highest BCUT2D eigenvalue weighted by Gasteiger charge is 2.33. The second kappa shape index (κ2) is 7.27. The lowest BCUT2D eigenvalue weighted by Gasteiger charge is -2.22. The van der Waals surface area contributed by atoms with Crippen LogP contribution in [0.5, 0.6) is 0 Å². The normalized spacial score (nSPS) is 17.0. The van der Waals surface area contributed by atoms with Crippen LogP contribution in [0.25, 0.3) is 0 Å². The molecule has 2 heterocycles. The molecule has 24 heavy (non-hydrogen) atoms. The van der Waals surface area contributed by atoms with Crippen molar-refractivity contribution in [1.82, 2.24) is 5.01 Å². The van der Waals surface area contributed by atoms with Crippen molar-refractivity contribution < 1.29 is 14.7 Å². The van der Waals surface area contributed by atoms with Crippen LogP contribution < -0.4 is 0 Å². The molecule has 1 aromatic heterocycles. The predicted octanol–water partition coefficient (Wildman–Crippen LogP) is 4.05. The molecule has 124 valence electrons. The molecule has 0 spiro atoms. The van der Waals surface area contributed by atoms with Gasteiger partial charge in [-0.2, -0.15) is 16.4 Å². The maximum atomic E-state index is 12.5. The summed E-state index contributed by atoms with van der Waals surface area (Å²) in [5.41, 5.74) is 2.83. The molecule has 0 radical (unpaired) electrons. The fraction of sp³-hybridized carbons (Fsp3) is 0.235. The van der Waals surface area contributed by atoms with Gasteiger partial charge in [0.2, 0.25) is 5.91 Å². The Kier molecular flexibility index (Phi) is 5.11. The summed E-state index contributed by atoms with van der Waals surface area (Å²) >= 11 is 5.03. The van der Waals surface area contributed by atoms with Crippen LogP contribution in [0.15, 0.2) is 50.7 Å². The second-order valence-corrected chi connectivity index (χ2v) is 7.16. The number of amides is 1. The molecule has 0 saturated heterocycles. The number of hydrazone groups is 1. The molecule has 1 aliphatic rings. The third-order valence-corrected chi connectivity index (χ3v) is 4.98. The van der Waals surface area contributed by atoms with Crippen LogP contribution in [0.1, 0.15) is 36.4 Å². The molecule has 1 atom stereocenters. The van der Waals surface area contributed by atoms with E-state index in [1.807, 2.05) is 41.1 Å². The monoisotopic (exact) mass is 406 g/mol. The molecule has 1 unspecified atom stereocenters. The van der Waals surface area contributed by atoms with Gasteiger partial charge in [-0.25, -0.2) is 5.01 Å². The molecular weight excluding hydrogens is 392 g/mol. The number of benzene rings is 1. The number of halogens is 1. The van der Waals surface area contributed by atoms with Gasteiger partial charge in [-0.1, -0.05) is 28.1 Å². The Labute approximate surface area is 151 Å². The number of thiophene rings is 1. The van der Waals surface area contributed by atoms with Gasteiger partial charge >= 0.3 is 5.97 Å². The molecule has 2 aromatic rings. The summed E-state index contributed by atoms with van der Waals surface area (Å²) in [5, 5.41) is 18.7. The number of carbonyl (C=O) groups excluding carboxylic acids is 1. The van der Waals surface area contributed by atoms with Crippen LogP contribution in [0.3, 0.4) is 0 Å². The molecule has 0 bridgehead atoms. The van der Waals surface area contributed by atoms with Crippen LogP contribution in [-0.2, 0) is 9.59 Å². The van der Waals surface area contributed by atoms with E-state index >= 15 is 0 Å². The number of hydrogen-bond acceptors (Lipinski definition) is 4.